The molecule has 0 amide bonds. The molecule has 0 unspecified atom stereocenters. The third-order valence-corrected chi connectivity index (χ3v) is 4.12. The monoisotopic (exact) mass is 361 g/mol. The predicted octanol–water partition coefficient (Wildman–Crippen LogP) is 4.38. The van der Waals surface area contributed by atoms with Crippen LogP contribution in [0.2, 0.25) is 0 Å². The van der Waals surface area contributed by atoms with Gasteiger partial charge in [-0.15, -0.1) is 11.3 Å². The van der Waals surface area contributed by atoms with Crippen LogP contribution in [0.4, 0.5) is 5.13 Å². The van der Waals surface area contributed by atoms with Gasteiger partial charge in [0.05, 0.1) is 11.9 Å². The molecule has 0 fully saturated rings. The van der Waals surface area contributed by atoms with E-state index in [1.165, 1.54) is 11.3 Å². The third-order valence-electron chi connectivity index (χ3n) is 3.37. The van der Waals surface area contributed by atoms with Crippen LogP contribution < -0.4 is 5.43 Å². The van der Waals surface area contributed by atoms with Crippen molar-refractivity contribution >= 4 is 22.7 Å². The molecule has 0 saturated carbocycles. The summed E-state index contributed by atoms with van der Waals surface area (Å²) in [5, 5.41) is 16.6. The van der Waals surface area contributed by atoms with Crippen LogP contribution in [0, 0.1) is 11.8 Å². The van der Waals surface area contributed by atoms with E-state index in [1.54, 1.807) is 20.1 Å². The van der Waals surface area contributed by atoms with Crippen LogP contribution >= 0.6 is 11.3 Å². The van der Waals surface area contributed by atoms with Crippen molar-refractivity contribution in [3.63, 3.8) is 0 Å². The van der Waals surface area contributed by atoms with Crippen molar-refractivity contribution < 1.29 is 5.11 Å². The quantitative estimate of drug-likeness (QED) is 0.412. The summed E-state index contributed by atoms with van der Waals surface area (Å²) in [6.45, 7) is 3.32. The van der Waals surface area contributed by atoms with Crippen molar-refractivity contribution in [1.29, 1.82) is 0 Å². The van der Waals surface area contributed by atoms with Gasteiger partial charge < -0.3 is 5.11 Å². The van der Waals surface area contributed by atoms with Crippen LogP contribution in [0.5, 0.6) is 0 Å². The zero-order valence-electron chi connectivity index (χ0n) is 14.6. The molecule has 3 aromatic rings. The van der Waals surface area contributed by atoms with E-state index >= 15 is 0 Å². The van der Waals surface area contributed by atoms with E-state index in [1.807, 2.05) is 60.0 Å². The van der Waals surface area contributed by atoms with Gasteiger partial charge in [-0.1, -0.05) is 54.3 Å². The molecule has 5 heteroatoms. The van der Waals surface area contributed by atoms with Crippen molar-refractivity contribution in [2.24, 2.45) is 5.10 Å². The standard InChI is InChI=1S/C21H19N3OS/c1-21(2,25)13-12-16-8-10-17(11-9-16)14-22-24-20-23-19(15-26-20)18-6-4-3-5-7-18/h3-11,14-15,25H,1-2H3,(H,23,24). The minimum absolute atomic E-state index is 0.743. The van der Waals surface area contributed by atoms with Gasteiger partial charge in [-0.3, -0.25) is 5.43 Å². The Balaban J connectivity index is 1.60. The van der Waals surface area contributed by atoms with E-state index in [0.717, 1.165) is 27.5 Å². The molecule has 4 nitrogen and oxygen atoms in total. The molecule has 0 spiro atoms. The highest BCUT2D eigenvalue weighted by Gasteiger charge is 2.05. The van der Waals surface area contributed by atoms with Crippen LogP contribution in [-0.2, 0) is 0 Å². The lowest BCUT2D eigenvalue weighted by Gasteiger charge is -2.05. The second kappa shape index (κ2) is 7.96. The summed E-state index contributed by atoms with van der Waals surface area (Å²) in [5.74, 6) is 5.73. The lowest BCUT2D eigenvalue weighted by molar-refractivity contribution is 0.143. The Hall–Kier alpha value is -2.94. The minimum atomic E-state index is -0.990. The van der Waals surface area contributed by atoms with Crippen LogP contribution in [-0.4, -0.2) is 21.9 Å². The number of nitrogens with zero attached hydrogens (tertiary/aromatic N) is 2. The lowest BCUT2D eigenvalue weighted by atomic mass is 10.1. The van der Waals surface area contributed by atoms with Gasteiger partial charge >= 0.3 is 0 Å². The molecular weight excluding hydrogens is 342 g/mol. The Kier molecular flexibility index (Phi) is 5.47. The minimum Gasteiger partial charge on any atom is -0.378 e. The predicted molar refractivity (Wildman–Crippen MR) is 108 cm³/mol. The van der Waals surface area contributed by atoms with Crippen molar-refractivity contribution in [2.75, 3.05) is 5.43 Å². The maximum absolute atomic E-state index is 9.62. The molecule has 2 N–H and O–H groups in total. The summed E-state index contributed by atoms with van der Waals surface area (Å²) in [5.41, 5.74) is 5.79. The van der Waals surface area contributed by atoms with E-state index in [9.17, 15) is 5.11 Å². The first-order valence-corrected chi connectivity index (χ1v) is 9.03. The number of nitrogens with one attached hydrogen (secondary N) is 1. The number of aromatic nitrogens is 1. The molecule has 1 aromatic heterocycles. The summed E-state index contributed by atoms with van der Waals surface area (Å²) < 4.78 is 0. The molecule has 2 aromatic carbocycles. The molecule has 3 rings (SSSR count). The van der Waals surface area contributed by atoms with E-state index in [4.69, 9.17) is 0 Å². The number of rotatable bonds is 4. The second-order valence-corrected chi connectivity index (χ2v) is 7.06. The first-order valence-electron chi connectivity index (χ1n) is 8.15. The van der Waals surface area contributed by atoms with E-state index in [0.29, 0.717) is 0 Å². The topological polar surface area (TPSA) is 57.5 Å². The summed E-state index contributed by atoms with van der Waals surface area (Å²) in [6.07, 6.45) is 1.73. The maximum Gasteiger partial charge on any atom is 0.203 e. The SMILES string of the molecule is CC(C)(O)C#Cc1ccc(C=NNc2nc(-c3ccccc3)cs2)cc1. The van der Waals surface area contributed by atoms with E-state index in [2.05, 4.69) is 27.4 Å². The van der Waals surface area contributed by atoms with Crippen molar-refractivity contribution in [1.82, 2.24) is 4.98 Å². The van der Waals surface area contributed by atoms with Crippen LogP contribution in [0.25, 0.3) is 11.3 Å². The smallest absolute Gasteiger partial charge is 0.203 e. The molecule has 0 radical (unpaired) electrons. The highest BCUT2D eigenvalue weighted by atomic mass is 32.1. The zero-order chi connectivity index (χ0) is 18.4. The molecule has 0 atom stereocenters. The Morgan fingerprint density at radius 1 is 1.12 bits per heavy atom. The molecule has 0 aliphatic rings. The molecule has 26 heavy (non-hydrogen) atoms. The average Bonchev–Trinajstić information content (AvgIpc) is 3.10. The number of hydrogen-bond acceptors (Lipinski definition) is 5. The Morgan fingerprint density at radius 2 is 1.85 bits per heavy atom. The Morgan fingerprint density at radius 3 is 2.54 bits per heavy atom. The first-order chi connectivity index (χ1) is 12.5. The van der Waals surface area contributed by atoms with Gasteiger partial charge in [0.2, 0.25) is 5.13 Å². The highest BCUT2D eigenvalue weighted by Crippen LogP contribution is 2.24. The van der Waals surface area contributed by atoms with Crippen molar-refractivity contribution in [3.05, 3.63) is 71.1 Å². The maximum atomic E-state index is 9.62. The van der Waals surface area contributed by atoms with Crippen molar-refractivity contribution in [2.45, 2.75) is 19.4 Å². The summed E-state index contributed by atoms with van der Waals surface area (Å²) in [4.78, 5) is 4.52. The molecule has 0 aliphatic heterocycles. The number of hydrazone groups is 1. The number of hydrogen-bond donors (Lipinski definition) is 2. The van der Waals surface area contributed by atoms with Gasteiger partial charge in [-0.25, -0.2) is 4.98 Å². The molecule has 0 bridgehead atoms. The average molecular weight is 361 g/mol. The number of benzene rings is 2. The molecule has 0 aliphatic carbocycles. The Bertz CT molecular complexity index is 943. The Labute approximate surface area is 157 Å². The van der Waals surface area contributed by atoms with Gasteiger partial charge in [0.15, 0.2) is 0 Å². The summed E-state index contributed by atoms with van der Waals surface area (Å²) in [7, 11) is 0. The molecular formula is C21H19N3OS. The molecule has 0 saturated heterocycles. The van der Waals surface area contributed by atoms with Crippen LogP contribution in [0.15, 0.2) is 65.1 Å². The number of aliphatic hydroxyl groups is 1. The molecule has 1 heterocycles. The first kappa shape index (κ1) is 17.9. The number of anilines is 1. The third kappa shape index (κ3) is 5.28. The second-order valence-electron chi connectivity index (χ2n) is 6.20. The van der Waals surface area contributed by atoms with Crippen LogP contribution in [0.3, 0.4) is 0 Å². The fraction of sp³-hybridized carbons (Fsp3) is 0.143. The molecule has 130 valence electrons. The lowest BCUT2D eigenvalue weighted by Crippen LogP contribution is -2.14. The number of thiazole rings is 1. The summed E-state index contributed by atoms with van der Waals surface area (Å²) in [6, 6.07) is 17.7. The van der Waals surface area contributed by atoms with Crippen LogP contribution in [0.1, 0.15) is 25.0 Å². The summed E-state index contributed by atoms with van der Waals surface area (Å²) >= 11 is 1.51. The van der Waals surface area contributed by atoms with Crippen molar-refractivity contribution in [3.8, 4) is 23.1 Å². The van der Waals surface area contributed by atoms with E-state index < -0.39 is 5.60 Å². The largest absolute Gasteiger partial charge is 0.378 e. The fourth-order valence-electron chi connectivity index (χ4n) is 2.11. The zero-order valence-corrected chi connectivity index (χ0v) is 15.4. The highest BCUT2D eigenvalue weighted by molar-refractivity contribution is 7.14. The van der Waals surface area contributed by atoms with Gasteiger partial charge in [0.1, 0.15) is 5.60 Å². The normalized spacial score (nSPS) is 11.2. The van der Waals surface area contributed by atoms with Gasteiger partial charge in [-0.2, -0.15) is 5.10 Å². The van der Waals surface area contributed by atoms with E-state index in [-0.39, 0.29) is 0 Å². The van der Waals surface area contributed by atoms with Gasteiger partial charge in [0, 0.05) is 16.5 Å². The fourth-order valence-corrected chi connectivity index (χ4v) is 2.77. The van der Waals surface area contributed by atoms with Gasteiger partial charge in [-0.05, 0) is 31.5 Å². The van der Waals surface area contributed by atoms with Gasteiger partial charge in [0.25, 0.3) is 0 Å².